The molecule has 2 atom stereocenters. The molecule has 104 valence electrons. The van der Waals surface area contributed by atoms with Crippen molar-refractivity contribution in [2.75, 3.05) is 20.2 Å². The number of urea groups is 1. The number of likely N-dealkylation sites (N-methyl/N-ethyl adjacent to an activating group) is 1. The molecular formula is C12H22N2O4. The Balaban J connectivity index is 2.60. The first-order valence-corrected chi connectivity index (χ1v) is 6.41. The summed E-state index contributed by atoms with van der Waals surface area (Å²) in [6, 6.07) is -0.624. The Labute approximate surface area is 107 Å². The van der Waals surface area contributed by atoms with E-state index in [-0.39, 0.29) is 25.2 Å². The Morgan fingerprint density at radius 1 is 1.28 bits per heavy atom. The lowest BCUT2D eigenvalue weighted by molar-refractivity contribution is -0.142. The van der Waals surface area contributed by atoms with E-state index in [0.29, 0.717) is 12.8 Å². The molecular weight excluding hydrogens is 236 g/mol. The smallest absolute Gasteiger partial charge is 0.317 e. The molecule has 0 spiro atoms. The number of amides is 2. The van der Waals surface area contributed by atoms with Crippen LogP contribution in [0.5, 0.6) is 0 Å². The Kier molecular flexibility index (Phi) is 5.91. The van der Waals surface area contributed by atoms with Gasteiger partial charge in [0.2, 0.25) is 0 Å². The van der Waals surface area contributed by atoms with E-state index in [2.05, 4.69) is 5.32 Å². The van der Waals surface area contributed by atoms with E-state index in [1.807, 2.05) is 0 Å². The molecule has 1 rings (SSSR count). The number of aliphatic carboxylic acids is 1. The second-order valence-corrected chi connectivity index (χ2v) is 4.78. The van der Waals surface area contributed by atoms with E-state index < -0.39 is 11.9 Å². The summed E-state index contributed by atoms with van der Waals surface area (Å²) in [7, 11) is 1.58. The molecule has 6 nitrogen and oxygen atoms in total. The highest BCUT2D eigenvalue weighted by Gasteiger charge is 2.31. The Hall–Kier alpha value is -1.30. The van der Waals surface area contributed by atoms with Crippen LogP contribution in [0.3, 0.4) is 0 Å². The van der Waals surface area contributed by atoms with E-state index in [0.717, 1.165) is 19.3 Å². The first kappa shape index (κ1) is 14.8. The van der Waals surface area contributed by atoms with Gasteiger partial charge in [0.15, 0.2) is 0 Å². The van der Waals surface area contributed by atoms with E-state index in [1.165, 1.54) is 4.90 Å². The van der Waals surface area contributed by atoms with Crippen molar-refractivity contribution in [2.45, 2.75) is 38.1 Å². The van der Waals surface area contributed by atoms with E-state index in [9.17, 15) is 14.7 Å². The summed E-state index contributed by atoms with van der Waals surface area (Å²) in [4.78, 5) is 24.3. The fourth-order valence-corrected chi connectivity index (χ4v) is 2.30. The van der Waals surface area contributed by atoms with Crippen LogP contribution in [0.15, 0.2) is 0 Å². The minimum Gasteiger partial charge on any atom is -0.481 e. The molecule has 0 aromatic rings. The third-order valence-corrected chi connectivity index (χ3v) is 3.42. The lowest BCUT2D eigenvalue weighted by Crippen LogP contribution is -2.48. The highest BCUT2D eigenvalue weighted by atomic mass is 16.4. The fourth-order valence-electron chi connectivity index (χ4n) is 2.30. The number of aliphatic hydroxyl groups is 1. The zero-order chi connectivity index (χ0) is 13.5. The zero-order valence-electron chi connectivity index (χ0n) is 10.8. The first-order chi connectivity index (χ1) is 8.56. The fraction of sp³-hybridized carbons (Fsp3) is 0.833. The van der Waals surface area contributed by atoms with E-state index in [1.54, 1.807) is 7.05 Å². The molecule has 1 saturated carbocycles. The number of carbonyl (C=O) groups is 2. The van der Waals surface area contributed by atoms with Crippen molar-refractivity contribution >= 4 is 12.0 Å². The molecule has 6 heteroatoms. The van der Waals surface area contributed by atoms with E-state index in [4.69, 9.17) is 5.11 Å². The van der Waals surface area contributed by atoms with Crippen molar-refractivity contribution in [3.05, 3.63) is 0 Å². The molecule has 2 unspecified atom stereocenters. The summed E-state index contributed by atoms with van der Waals surface area (Å²) in [5.41, 5.74) is 0. The lowest BCUT2D eigenvalue weighted by Gasteiger charge is -2.26. The minimum atomic E-state index is -0.841. The van der Waals surface area contributed by atoms with Crippen LogP contribution < -0.4 is 5.32 Å². The van der Waals surface area contributed by atoms with Crippen molar-refractivity contribution in [1.29, 1.82) is 0 Å². The topological polar surface area (TPSA) is 89.9 Å². The summed E-state index contributed by atoms with van der Waals surface area (Å²) < 4.78 is 0. The largest absolute Gasteiger partial charge is 0.481 e. The van der Waals surface area contributed by atoms with Gasteiger partial charge in [-0.25, -0.2) is 4.79 Å². The van der Waals surface area contributed by atoms with Crippen LogP contribution >= 0.6 is 0 Å². The number of hydrogen-bond donors (Lipinski definition) is 3. The van der Waals surface area contributed by atoms with Gasteiger partial charge in [0, 0.05) is 19.6 Å². The molecule has 1 fully saturated rings. The number of rotatable bonds is 4. The maximum atomic E-state index is 11.8. The Bertz CT molecular complexity index is 296. The summed E-state index contributed by atoms with van der Waals surface area (Å²) in [6.45, 7) is 0.146. The van der Waals surface area contributed by atoms with Crippen molar-refractivity contribution in [2.24, 2.45) is 5.92 Å². The predicted octanol–water partition coefficient (Wildman–Crippen LogP) is 0.654. The third-order valence-electron chi connectivity index (χ3n) is 3.42. The quantitative estimate of drug-likeness (QED) is 0.646. The third kappa shape index (κ3) is 4.18. The molecule has 2 amide bonds. The number of carboxylic acids is 1. The van der Waals surface area contributed by atoms with E-state index >= 15 is 0 Å². The van der Waals surface area contributed by atoms with Gasteiger partial charge in [-0.3, -0.25) is 4.79 Å². The molecule has 0 aromatic heterocycles. The molecule has 0 radical (unpaired) electrons. The van der Waals surface area contributed by atoms with Crippen molar-refractivity contribution in [1.82, 2.24) is 10.2 Å². The first-order valence-electron chi connectivity index (χ1n) is 6.41. The highest BCUT2D eigenvalue weighted by molar-refractivity contribution is 5.76. The molecule has 0 heterocycles. The van der Waals surface area contributed by atoms with Gasteiger partial charge in [0.1, 0.15) is 0 Å². The van der Waals surface area contributed by atoms with Crippen LogP contribution in [0, 0.1) is 5.92 Å². The molecule has 0 saturated heterocycles. The second kappa shape index (κ2) is 7.20. The molecule has 0 aromatic carbocycles. The van der Waals surface area contributed by atoms with Gasteiger partial charge in [-0.2, -0.15) is 0 Å². The van der Waals surface area contributed by atoms with Crippen LogP contribution in [0.4, 0.5) is 4.79 Å². The van der Waals surface area contributed by atoms with Gasteiger partial charge in [-0.1, -0.05) is 19.3 Å². The van der Waals surface area contributed by atoms with Gasteiger partial charge < -0.3 is 20.4 Å². The summed E-state index contributed by atoms with van der Waals surface area (Å²) >= 11 is 0. The predicted molar refractivity (Wildman–Crippen MR) is 66.2 cm³/mol. The number of hydrogen-bond acceptors (Lipinski definition) is 3. The van der Waals surface area contributed by atoms with Crippen molar-refractivity contribution < 1.29 is 19.8 Å². The molecule has 0 aliphatic heterocycles. The number of carboxylic acid groups (broad SMARTS) is 1. The zero-order valence-corrected chi connectivity index (χ0v) is 10.8. The summed E-state index contributed by atoms with van der Waals surface area (Å²) in [5, 5.41) is 20.7. The number of carbonyl (C=O) groups excluding carboxylic acids is 1. The SMILES string of the molecule is CN(CCO)C(=O)NC1CCCCCC1C(=O)O. The van der Waals surface area contributed by atoms with Gasteiger partial charge in [0.25, 0.3) is 0 Å². The molecule has 0 bridgehead atoms. The second-order valence-electron chi connectivity index (χ2n) is 4.78. The monoisotopic (exact) mass is 258 g/mol. The Morgan fingerprint density at radius 3 is 2.56 bits per heavy atom. The van der Waals surface area contributed by atoms with Crippen molar-refractivity contribution in [3.8, 4) is 0 Å². The number of nitrogens with one attached hydrogen (secondary N) is 1. The Morgan fingerprint density at radius 2 is 1.94 bits per heavy atom. The standard InChI is InChI=1S/C12H22N2O4/c1-14(7-8-15)12(18)13-10-6-4-2-3-5-9(10)11(16)17/h9-10,15H,2-8H2,1H3,(H,13,18)(H,16,17). The normalized spacial score (nSPS) is 24.1. The van der Waals surface area contributed by atoms with Crippen LogP contribution in [0.2, 0.25) is 0 Å². The van der Waals surface area contributed by atoms with Crippen molar-refractivity contribution in [3.63, 3.8) is 0 Å². The van der Waals surface area contributed by atoms with Gasteiger partial charge >= 0.3 is 12.0 Å². The molecule has 1 aliphatic rings. The maximum Gasteiger partial charge on any atom is 0.317 e. The van der Waals surface area contributed by atoms with Gasteiger partial charge in [-0.05, 0) is 12.8 Å². The molecule has 3 N–H and O–H groups in total. The lowest BCUT2D eigenvalue weighted by atomic mass is 9.95. The van der Waals surface area contributed by atoms with Crippen LogP contribution in [-0.4, -0.2) is 53.4 Å². The summed E-state index contributed by atoms with van der Waals surface area (Å²) in [5.74, 6) is -1.34. The van der Waals surface area contributed by atoms with Gasteiger partial charge in [0.05, 0.1) is 12.5 Å². The highest BCUT2D eigenvalue weighted by Crippen LogP contribution is 2.23. The maximum absolute atomic E-state index is 11.8. The number of aliphatic hydroxyl groups excluding tert-OH is 1. The summed E-state index contributed by atoms with van der Waals surface area (Å²) in [6.07, 6.45) is 4.18. The molecule has 18 heavy (non-hydrogen) atoms. The average molecular weight is 258 g/mol. The average Bonchev–Trinajstić information content (AvgIpc) is 2.54. The van der Waals surface area contributed by atoms with Crippen LogP contribution in [0.1, 0.15) is 32.1 Å². The van der Waals surface area contributed by atoms with Crippen LogP contribution in [0.25, 0.3) is 0 Å². The van der Waals surface area contributed by atoms with Crippen LogP contribution in [-0.2, 0) is 4.79 Å². The van der Waals surface area contributed by atoms with Gasteiger partial charge in [-0.15, -0.1) is 0 Å². The molecule has 1 aliphatic carbocycles. The number of nitrogens with zero attached hydrogens (tertiary/aromatic N) is 1. The minimum absolute atomic E-state index is 0.100.